The first-order valence-electron chi connectivity index (χ1n) is 9.48. The number of amides is 1. The first-order chi connectivity index (χ1) is 12.2. The van der Waals surface area contributed by atoms with Gasteiger partial charge in [-0.25, -0.2) is 4.98 Å². The summed E-state index contributed by atoms with van der Waals surface area (Å²) in [6.45, 7) is 10.6. The highest BCUT2D eigenvalue weighted by atomic mass is 32.1. The SMILES string of the molecule is C=CCN(C)C(=O)[C@@H](C)[C@H]1CC[C@]2(C)Cc3sc(N)nc3[C@@H](C)[C@@H]2[C@H]1O. The van der Waals surface area contributed by atoms with Crippen LogP contribution in [0.25, 0.3) is 0 Å². The average Bonchev–Trinajstić information content (AvgIpc) is 2.93. The number of carbonyl (C=O) groups excluding carboxylic acids is 1. The van der Waals surface area contributed by atoms with E-state index < -0.39 is 6.10 Å². The fourth-order valence-electron chi connectivity index (χ4n) is 5.38. The molecule has 1 heterocycles. The molecule has 0 spiro atoms. The van der Waals surface area contributed by atoms with Gasteiger partial charge in [0.05, 0.1) is 11.8 Å². The Hall–Kier alpha value is -1.40. The van der Waals surface area contributed by atoms with Crippen LogP contribution in [0.1, 0.15) is 50.1 Å². The normalized spacial score (nSPS) is 34.5. The van der Waals surface area contributed by atoms with Gasteiger partial charge in [0.15, 0.2) is 5.13 Å². The first-order valence-corrected chi connectivity index (χ1v) is 10.3. The Labute approximate surface area is 160 Å². The van der Waals surface area contributed by atoms with Gasteiger partial charge >= 0.3 is 0 Å². The van der Waals surface area contributed by atoms with Crippen molar-refractivity contribution in [3.8, 4) is 0 Å². The lowest BCUT2D eigenvalue weighted by Gasteiger charge is -2.53. The van der Waals surface area contributed by atoms with Crippen molar-refractivity contribution in [3.63, 3.8) is 0 Å². The van der Waals surface area contributed by atoms with Gasteiger partial charge in [-0.2, -0.15) is 0 Å². The summed E-state index contributed by atoms with van der Waals surface area (Å²) in [5.74, 6) is 0.125. The van der Waals surface area contributed by atoms with E-state index in [2.05, 4.69) is 25.4 Å². The molecule has 3 N–H and O–H groups in total. The quantitative estimate of drug-likeness (QED) is 0.791. The lowest BCUT2D eigenvalue weighted by Crippen LogP contribution is -2.53. The van der Waals surface area contributed by atoms with Crippen molar-refractivity contribution in [2.45, 2.75) is 52.1 Å². The largest absolute Gasteiger partial charge is 0.392 e. The summed E-state index contributed by atoms with van der Waals surface area (Å²) in [5, 5.41) is 11.9. The van der Waals surface area contributed by atoms with Gasteiger partial charge in [-0.1, -0.05) is 26.8 Å². The standard InChI is InChI=1S/C20H31N3O2S/c1-6-9-23(5)18(25)11(2)13-7-8-20(4)10-14-16(22-19(21)26-14)12(3)15(20)17(13)24/h6,11-13,15,17,24H,1,7-10H2,2-5H3,(H2,21,22)/t11-,12-,13+,15+,17-,20+/m0/s1. The number of rotatable bonds is 4. The zero-order valence-electron chi connectivity index (χ0n) is 16.2. The van der Waals surface area contributed by atoms with Gasteiger partial charge in [0.25, 0.3) is 0 Å². The Bertz CT molecular complexity index is 703. The lowest BCUT2D eigenvalue weighted by molar-refractivity contribution is -0.143. The summed E-state index contributed by atoms with van der Waals surface area (Å²) < 4.78 is 0. The van der Waals surface area contributed by atoms with Crippen LogP contribution in [0.3, 0.4) is 0 Å². The van der Waals surface area contributed by atoms with E-state index in [4.69, 9.17) is 5.73 Å². The van der Waals surface area contributed by atoms with Crippen molar-refractivity contribution in [3.05, 3.63) is 23.2 Å². The van der Waals surface area contributed by atoms with Crippen LogP contribution in [0, 0.1) is 23.2 Å². The number of thiazole rings is 1. The number of aliphatic hydroxyl groups is 1. The topological polar surface area (TPSA) is 79.5 Å². The highest BCUT2D eigenvalue weighted by Crippen LogP contribution is 2.57. The van der Waals surface area contributed by atoms with Crippen LogP contribution in [0.15, 0.2) is 12.7 Å². The van der Waals surface area contributed by atoms with Crippen LogP contribution in [-0.2, 0) is 11.2 Å². The minimum Gasteiger partial charge on any atom is -0.392 e. The molecule has 1 fully saturated rings. The van der Waals surface area contributed by atoms with Crippen molar-refractivity contribution in [1.29, 1.82) is 0 Å². The molecule has 0 bridgehead atoms. The zero-order chi connectivity index (χ0) is 19.2. The summed E-state index contributed by atoms with van der Waals surface area (Å²) in [7, 11) is 1.80. The number of aliphatic hydroxyl groups excluding tert-OH is 1. The minimum atomic E-state index is -0.504. The lowest BCUT2D eigenvalue weighted by atomic mass is 9.53. The molecule has 0 saturated heterocycles. The molecule has 0 unspecified atom stereocenters. The molecule has 1 amide bonds. The van der Waals surface area contributed by atoms with Crippen LogP contribution in [0.4, 0.5) is 5.13 Å². The Morgan fingerprint density at radius 3 is 2.96 bits per heavy atom. The van der Waals surface area contributed by atoms with E-state index in [0.29, 0.717) is 11.7 Å². The Morgan fingerprint density at radius 2 is 2.31 bits per heavy atom. The maximum absolute atomic E-state index is 12.7. The molecule has 1 aromatic heterocycles. The Morgan fingerprint density at radius 1 is 1.62 bits per heavy atom. The summed E-state index contributed by atoms with van der Waals surface area (Å²) in [6.07, 6.45) is 4.05. The highest BCUT2D eigenvalue weighted by Gasteiger charge is 2.53. The molecule has 3 rings (SSSR count). The van der Waals surface area contributed by atoms with E-state index >= 15 is 0 Å². The van der Waals surface area contributed by atoms with Crippen molar-refractivity contribution < 1.29 is 9.90 Å². The molecule has 0 aliphatic heterocycles. The second-order valence-corrected chi connectivity index (χ2v) is 9.61. The molecule has 5 nitrogen and oxygen atoms in total. The number of likely N-dealkylation sites (N-methyl/N-ethyl adjacent to an activating group) is 1. The molecule has 0 aromatic carbocycles. The van der Waals surface area contributed by atoms with Gasteiger partial charge in [-0.15, -0.1) is 17.9 Å². The Kier molecular flexibility index (Phi) is 5.19. The number of fused-ring (bicyclic) bond motifs is 2. The third kappa shape index (κ3) is 3.07. The monoisotopic (exact) mass is 377 g/mol. The smallest absolute Gasteiger partial charge is 0.225 e. The summed E-state index contributed by atoms with van der Waals surface area (Å²) in [5.41, 5.74) is 7.04. The molecular weight excluding hydrogens is 346 g/mol. The predicted octanol–water partition coefficient (Wildman–Crippen LogP) is 3.06. The van der Waals surface area contributed by atoms with Gasteiger partial charge in [0, 0.05) is 30.3 Å². The number of aromatic nitrogens is 1. The van der Waals surface area contributed by atoms with Gasteiger partial charge < -0.3 is 15.7 Å². The average molecular weight is 378 g/mol. The molecule has 0 radical (unpaired) electrons. The predicted molar refractivity (Wildman–Crippen MR) is 106 cm³/mol. The summed E-state index contributed by atoms with van der Waals surface area (Å²) >= 11 is 1.59. The molecule has 26 heavy (non-hydrogen) atoms. The molecule has 1 saturated carbocycles. The molecule has 6 atom stereocenters. The van der Waals surface area contributed by atoms with Crippen LogP contribution >= 0.6 is 11.3 Å². The number of nitrogens with zero attached hydrogens (tertiary/aromatic N) is 2. The summed E-state index contributed by atoms with van der Waals surface area (Å²) in [6, 6.07) is 0. The van der Waals surface area contributed by atoms with Crippen LogP contribution in [-0.4, -0.2) is 40.6 Å². The van der Waals surface area contributed by atoms with E-state index in [1.54, 1.807) is 29.4 Å². The third-order valence-electron chi connectivity index (χ3n) is 6.75. The maximum atomic E-state index is 12.7. The number of hydrogen-bond donors (Lipinski definition) is 2. The van der Waals surface area contributed by atoms with Gasteiger partial charge in [0.1, 0.15) is 0 Å². The van der Waals surface area contributed by atoms with Crippen molar-refractivity contribution in [1.82, 2.24) is 9.88 Å². The van der Waals surface area contributed by atoms with E-state index in [-0.39, 0.29) is 35.0 Å². The number of carbonyl (C=O) groups is 1. The zero-order valence-corrected chi connectivity index (χ0v) is 17.1. The molecule has 2 aliphatic rings. The van der Waals surface area contributed by atoms with Gasteiger partial charge in [-0.05, 0) is 36.5 Å². The summed E-state index contributed by atoms with van der Waals surface area (Å²) in [4.78, 5) is 20.3. The van der Waals surface area contributed by atoms with Crippen LogP contribution < -0.4 is 5.73 Å². The fraction of sp³-hybridized carbons (Fsp3) is 0.700. The molecule has 6 heteroatoms. The van der Waals surface area contributed by atoms with Crippen molar-refractivity contribution in [2.75, 3.05) is 19.3 Å². The first kappa shape index (κ1) is 19.4. The van der Waals surface area contributed by atoms with Crippen LogP contribution in [0.5, 0.6) is 0 Å². The molecule has 2 aliphatic carbocycles. The number of hydrogen-bond acceptors (Lipinski definition) is 5. The molecular formula is C20H31N3O2S. The van der Waals surface area contributed by atoms with E-state index in [1.807, 2.05) is 6.92 Å². The number of nitrogen functional groups attached to an aromatic ring is 1. The fourth-order valence-corrected chi connectivity index (χ4v) is 6.51. The van der Waals surface area contributed by atoms with E-state index in [9.17, 15) is 9.90 Å². The molecule has 144 valence electrons. The number of anilines is 1. The van der Waals surface area contributed by atoms with Crippen molar-refractivity contribution >= 4 is 22.4 Å². The third-order valence-corrected chi connectivity index (χ3v) is 7.65. The maximum Gasteiger partial charge on any atom is 0.225 e. The van der Waals surface area contributed by atoms with E-state index in [0.717, 1.165) is 25.0 Å². The minimum absolute atomic E-state index is 0.0205. The Balaban J connectivity index is 1.86. The van der Waals surface area contributed by atoms with Gasteiger partial charge in [0.2, 0.25) is 5.91 Å². The second-order valence-electron chi connectivity index (χ2n) is 8.50. The number of nitrogens with two attached hydrogens (primary N) is 1. The van der Waals surface area contributed by atoms with Crippen molar-refractivity contribution in [2.24, 2.45) is 23.2 Å². The molecule has 1 aromatic rings. The van der Waals surface area contributed by atoms with Crippen LogP contribution in [0.2, 0.25) is 0 Å². The van der Waals surface area contributed by atoms with E-state index in [1.165, 1.54) is 4.88 Å². The highest BCUT2D eigenvalue weighted by molar-refractivity contribution is 7.15. The second kappa shape index (κ2) is 6.97. The van der Waals surface area contributed by atoms with Gasteiger partial charge in [-0.3, -0.25) is 4.79 Å².